The molecular weight excluding hydrogens is 222 g/mol. The number of fused-ring (bicyclic) bond motifs is 2. The first-order valence-corrected chi connectivity index (χ1v) is 7.65. The summed E-state index contributed by atoms with van der Waals surface area (Å²) in [5, 5.41) is 0. The first kappa shape index (κ1) is 14.3. The van der Waals surface area contributed by atoms with Crippen molar-refractivity contribution in [3.63, 3.8) is 0 Å². The average Bonchev–Trinajstić information content (AvgIpc) is 2.73. The smallest absolute Gasteiger partial charge is 0.0384 e. The molecule has 0 aromatic carbocycles. The summed E-state index contributed by atoms with van der Waals surface area (Å²) >= 11 is 0. The Kier molecular flexibility index (Phi) is 4.35. The van der Waals surface area contributed by atoms with E-state index in [0.717, 1.165) is 18.4 Å². The molecule has 0 aromatic rings. The molecule has 3 nitrogen and oxygen atoms in total. The third-order valence-corrected chi connectivity index (χ3v) is 5.42. The minimum atomic E-state index is 0.265. The molecule has 0 saturated carbocycles. The zero-order valence-electron chi connectivity index (χ0n) is 12.7. The molecule has 2 aliphatic rings. The second-order valence-electron chi connectivity index (χ2n) is 6.93. The summed E-state index contributed by atoms with van der Waals surface area (Å²) in [5.74, 6) is 1.55. The summed E-state index contributed by atoms with van der Waals surface area (Å²) < 4.78 is 0. The van der Waals surface area contributed by atoms with E-state index in [1.54, 1.807) is 0 Å². The maximum absolute atomic E-state index is 6.23. The molecule has 0 aliphatic carbocycles. The van der Waals surface area contributed by atoms with Crippen molar-refractivity contribution in [1.29, 1.82) is 0 Å². The van der Waals surface area contributed by atoms with E-state index in [-0.39, 0.29) is 5.54 Å². The van der Waals surface area contributed by atoms with E-state index in [1.807, 2.05) is 0 Å². The summed E-state index contributed by atoms with van der Waals surface area (Å²) in [6, 6.07) is 0.640. The molecular formula is C15H31N3. The van der Waals surface area contributed by atoms with Crippen LogP contribution in [0.15, 0.2) is 0 Å². The molecule has 18 heavy (non-hydrogen) atoms. The number of hydrogen-bond donors (Lipinski definition) is 1. The van der Waals surface area contributed by atoms with Crippen LogP contribution in [0.5, 0.6) is 0 Å². The lowest BCUT2D eigenvalue weighted by atomic mass is 9.76. The molecule has 2 N–H and O–H groups in total. The monoisotopic (exact) mass is 253 g/mol. The van der Waals surface area contributed by atoms with Crippen molar-refractivity contribution < 1.29 is 0 Å². The topological polar surface area (TPSA) is 32.5 Å². The Balaban J connectivity index is 2.11. The number of piperidine rings is 1. The Hall–Kier alpha value is -0.120. The van der Waals surface area contributed by atoms with Crippen molar-refractivity contribution in [2.24, 2.45) is 17.6 Å². The molecule has 4 unspecified atom stereocenters. The van der Waals surface area contributed by atoms with Crippen molar-refractivity contribution in [3.05, 3.63) is 0 Å². The van der Waals surface area contributed by atoms with Gasteiger partial charge in [-0.05, 0) is 58.2 Å². The van der Waals surface area contributed by atoms with Gasteiger partial charge in [0.2, 0.25) is 0 Å². The van der Waals surface area contributed by atoms with Crippen LogP contribution < -0.4 is 5.73 Å². The predicted octanol–water partition coefficient (Wildman–Crippen LogP) is 1.78. The van der Waals surface area contributed by atoms with Crippen LogP contribution in [-0.4, -0.2) is 54.6 Å². The summed E-state index contributed by atoms with van der Waals surface area (Å²) in [5.41, 5.74) is 6.50. The Morgan fingerprint density at radius 1 is 1.33 bits per heavy atom. The van der Waals surface area contributed by atoms with Gasteiger partial charge in [0.25, 0.3) is 0 Å². The summed E-state index contributed by atoms with van der Waals surface area (Å²) in [6.45, 7) is 11.6. The quantitative estimate of drug-likeness (QED) is 0.810. The van der Waals surface area contributed by atoms with E-state index in [0.29, 0.717) is 6.04 Å². The van der Waals surface area contributed by atoms with Crippen molar-refractivity contribution in [1.82, 2.24) is 9.80 Å². The molecule has 3 heteroatoms. The fourth-order valence-corrected chi connectivity index (χ4v) is 4.19. The standard InChI is InChI=1S/C15H31N3/c1-12(2)9-13(3)17(4)15(11-16)6-8-18-7-5-14(15)10-18/h12-14H,5-11,16H2,1-4H3. The van der Waals surface area contributed by atoms with Crippen LogP contribution in [-0.2, 0) is 0 Å². The number of likely N-dealkylation sites (N-methyl/N-ethyl adjacent to an activating group) is 1. The van der Waals surface area contributed by atoms with E-state index in [1.165, 1.54) is 38.9 Å². The van der Waals surface area contributed by atoms with Crippen LogP contribution in [0.1, 0.15) is 40.0 Å². The van der Waals surface area contributed by atoms with Crippen molar-refractivity contribution >= 4 is 0 Å². The third kappa shape index (κ3) is 2.45. The molecule has 0 radical (unpaired) electrons. The van der Waals surface area contributed by atoms with Gasteiger partial charge in [0.15, 0.2) is 0 Å². The summed E-state index contributed by atoms with van der Waals surface area (Å²) in [4.78, 5) is 5.24. The van der Waals surface area contributed by atoms with E-state index < -0.39 is 0 Å². The van der Waals surface area contributed by atoms with Crippen LogP contribution in [0.2, 0.25) is 0 Å². The SMILES string of the molecule is CC(C)CC(C)N(C)C1(CN)CCN2CCC1C2. The van der Waals surface area contributed by atoms with Gasteiger partial charge in [0.05, 0.1) is 0 Å². The van der Waals surface area contributed by atoms with Crippen molar-refractivity contribution in [2.45, 2.75) is 51.6 Å². The average molecular weight is 253 g/mol. The van der Waals surface area contributed by atoms with Crippen molar-refractivity contribution in [3.8, 4) is 0 Å². The Morgan fingerprint density at radius 2 is 2.06 bits per heavy atom. The molecule has 2 heterocycles. The van der Waals surface area contributed by atoms with Gasteiger partial charge in [-0.3, -0.25) is 4.90 Å². The molecule has 0 aromatic heterocycles. The second-order valence-corrected chi connectivity index (χ2v) is 6.93. The first-order valence-electron chi connectivity index (χ1n) is 7.65. The molecule has 4 atom stereocenters. The fraction of sp³-hybridized carbons (Fsp3) is 1.00. The summed E-state index contributed by atoms with van der Waals surface area (Å²) in [6.07, 6.45) is 3.87. The third-order valence-electron chi connectivity index (χ3n) is 5.42. The van der Waals surface area contributed by atoms with Gasteiger partial charge in [-0.1, -0.05) is 13.8 Å². The van der Waals surface area contributed by atoms with E-state index in [4.69, 9.17) is 5.73 Å². The van der Waals surface area contributed by atoms with E-state index in [2.05, 4.69) is 37.6 Å². The van der Waals surface area contributed by atoms with Crippen molar-refractivity contribution in [2.75, 3.05) is 33.2 Å². The number of nitrogens with zero attached hydrogens (tertiary/aromatic N) is 2. The predicted molar refractivity (Wildman–Crippen MR) is 77.6 cm³/mol. The fourth-order valence-electron chi connectivity index (χ4n) is 4.19. The second kappa shape index (κ2) is 5.48. The van der Waals surface area contributed by atoms with E-state index in [9.17, 15) is 0 Å². The number of nitrogens with two attached hydrogens (primary N) is 1. The van der Waals surface area contributed by atoms with E-state index >= 15 is 0 Å². The Labute approximate surface area is 113 Å². The summed E-state index contributed by atoms with van der Waals surface area (Å²) in [7, 11) is 2.31. The van der Waals surface area contributed by atoms with Gasteiger partial charge < -0.3 is 10.6 Å². The highest BCUT2D eigenvalue weighted by atomic mass is 15.3. The molecule has 2 aliphatic heterocycles. The van der Waals surface area contributed by atoms with Gasteiger partial charge in [-0.2, -0.15) is 0 Å². The van der Waals surface area contributed by atoms with Crippen LogP contribution in [0.25, 0.3) is 0 Å². The van der Waals surface area contributed by atoms with Gasteiger partial charge in [-0.25, -0.2) is 0 Å². The van der Waals surface area contributed by atoms with Crippen LogP contribution in [0.4, 0.5) is 0 Å². The number of hydrogen-bond acceptors (Lipinski definition) is 3. The highest BCUT2D eigenvalue weighted by Crippen LogP contribution is 2.40. The van der Waals surface area contributed by atoms with Crippen LogP contribution in [0.3, 0.4) is 0 Å². The Morgan fingerprint density at radius 3 is 2.67 bits per heavy atom. The van der Waals surface area contributed by atoms with Crippen LogP contribution in [0, 0.1) is 11.8 Å². The zero-order valence-corrected chi connectivity index (χ0v) is 12.7. The lowest BCUT2D eigenvalue weighted by Crippen LogP contribution is -2.63. The van der Waals surface area contributed by atoms with Gasteiger partial charge in [0.1, 0.15) is 0 Å². The molecule has 2 bridgehead atoms. The van der Waals surface area contributed by atoms with Gasteiger partial charge in [-0.15, -0.1) is 0 Å². The largest absolute Gasteiger partial charge is 0.329 e. The maximum atomic E-state index is 6.23. The highest BCUT2D eigenvalue weighted by molar-refractivity contribution is 5.05. The van der Waals surface area contributed by atoms with Gasteiger partial charge >= 0.3 is 0 Å². The molecule has 2 saturated heterocycles. The molecule has 0 amide bonds. The Bertz CT molecular complexity index is 279. The first-order chi connectivity index (χ1) is 8.49. The lowest BCUT2D eigenvalue weighted by Gasteiger charge is -2.51. The maximum Gasteiger partial charge on any atom is 0.0384 e. The minimum Gasteiger partial charge on any atom is -0.329 e. The minimum absolute atomic E-state index is 0.265. The molecule has 2 rings (SSSR count). The van der Waals surface area contributed by atoms with Crippen LogP contribution >= 0.6 is 0 Å². The number of rotatable bonds is 5. The molecule has 106 valence electrons. The van der Waals surface area contributed by atoms with Gasteiger partial charge in [0, 0.05) is 24.7 Å². The normalized spacial score (nSPS) is 37.5. The molecule has 0 spiro atoms. The molecule has 2 fully saturated rings. The zero-order chi connectivity index (χ0) is 13.3. The lowest BCUT2D eigenvalue weighted by molar-refractivity contribution is -0.00278. The highest BCUT2D eigenvalue weighted by Gasteiger charge is 2.48.